The van der Waals surface area contributed by atoms with Crippen LogP contribution in [0.15, 0.2) is 46.9 Å². The fourth-order valence-electron chi connectivity index (χ4n) is 1.92. The van der Waals surface area contributed by atoms with Gasteiger partial charge in [0.15, 0.2) is 0 Å². The van der Waals surface area contributed by atoms with Crippen LogP contribution >= 0.6 is 15.9 Å². The molecule has 0 radical (unpaired) electrons. The lowest BCUT2D eigenvalue weighted by molar-refractivity contribution is 0.541. The van der Waals surface area contributed by atoms with Crippen molar-refractivity contribution < 1.29 is 8.78 Å². The number of nitrogens with one attached hydrogen (secondary N) is 1. The van der Waals surface area contributed by atoms with Gasteiger partial charge in [-0.25, -0.2) is 8.78 Å². The average Bonchev–Trinajstić information content (AvgIpc) is 2.39. The van der Waals surface area contributed by atoms with E-state index < -0.39 is 0 Å². The minimum absolute atomic E-state index is 0.284. The molecule has 2 rings (SSSR count). The van der Waals surface area contributed by atoms with Gasteiger partial charge in [-0.05, 0) is 47.9 Å². The van der Waals surface area contributed by atoms with Crippen LogP contribution in [0.3, 0.4) is 0 Å². The minimum atomic E-state index is -0.323. The molecule has 0 bridgehead atoms. The van der Waals surface area contributed by atoms with Gasteiger partial charge in [-0.15, -0.1) is 0 Å². The summed E-state index contributed by atoms with van der Waals surface area (Å²) in [6, 6.07) is 10.4. The Morgan fingerprint density at radius 1 is 1.11 bits per heavy atom. The van der Waals surface area contributed by atoms with Crippen LogP contribution in [0.1, 0.15) is 17.2 Å². The van der Waals surface area contributed by atoms with Gasteiger partial charge >= 0.3 is 0 Å². The maximum absolute atomic E-state index is 13.2. The molecule has 2 nitrogen and oxygen atoms in total. The molecule has 1 unspecified atom stereocenters. The van der Waals surface area contributed by atoms with Crippen molar-refractivity contribution in [3.8, 4) is 0 Å². The van der Waals surface area contributed by atoms with E-state index in [9.17, 15) is 8.78 Å². The van der Waals surface area contributed by atoms with E-state index in [-0.39, 0.29) is 17.7 Å². The van der Waals surface area contributed by atoms with Gasteiger partial charge in [0.05, 0.1) is 6.04 Å². The molecule has 0 spiro atoms. The van der Waals surface area contributed by atoms with Gasteiger partial charge in [0.2, 0.25) is 0 Å². The molecule has 0 aliphatic heterocycles. The van der Waals surface area contributed by atoms with Crippen LogP contribution < -0.4 is 11.3 Å². The normalized spacial score (nSPS) is 12.4. The molecule has 1 atom stereocenters. The molecule has 5 heteroatoms. The predicted molar refractivity (Wildman–Crippen MR) is 74.3 cm³/mol. The topological polar surface area (TPSA) is 38.0 Å². The number of rotatable bonds is 4. The molecule has 0 saturated heterocycles. The first-order chi connectivity index (χ1) is 9.10. The molecule has 0 saturated carbocycles. The second-order valence-corrected chi connectivity index (χ2v) is 5.07. The van der Waals surface area contributed by atoms with E-state index in [0.717, 1.165) is 15.6 Å². The molecule has 19 heavy (non-hydrogen) atoms. The third kappa shape index (κ3) is 3.59. The summed E-state index contributed by atoms with van der Waals surface area (Å²) in [6.07, 6.45) is 0.457. The van der Waals surface area contributed by atoms with Crippen LogP contribution in [-0.2, 0) is 6.42 Å². The first kappa shape index (κ1) is 14.1. The lowest BCUT2D eigenvalue weighted by atomic mass is 9.99. The summed E-state index contributed by atoms with van der Waals surface area (Å²) in [4.78, 5) is 0. The molecule has 100 valence electrons. The van der Waals surface area contributed by atoms with Crippen molar-refractivity contribution in [1.29, 1.82) is 0 Å². The third-order valence-corrected chi connectivity index (χ3v) is 3.66. The second kappa shape index (κ2) is 6.23. The van der Waals surface area contributed by atoms with Crippen molar-refractivity contribution in [2.75, 3.05) is 0 Å². The van der Waals surface area contributed by atoms with E-state index in [1.807, 2.05) is 0 Å². The van der Waals surface area contributed by atoms with Gasteiger partial charge < -0.3 is 0 Å². The van der Waals surface area contributed by atoms with Crippen LogP contribution in [0.25, 0.3) is 0 Å². The van der Waals surface area contributed by atoms with E-state index in [1.165, 1.54) is 24.3 Å². The van der Waals surface area contributed by atoms with Gasteiger partial charge in [0.25, 0.3) is 0 Å². The van der Waals surface area contributed by atoms with E-state index >= 15 is 0 Å². The maximum Gasteiger partial charge on any atom is 0.123 e. The fourth-order valence-corrected chi connectivity index (χ4v) is 2.32. The standard InChI is InChI=1S/C14H13BrF2N2/c15-13-5-4-12(17)7-10(13)8-14(19-18)9-2-1-3-11(16)6-9/h1-7,14,19H,8,18H2. The van der Waals surface area contributed by atoms with Crippen molar-refractivity contribution in [2.24, 2.45) is 5.84 Å². The molecule has 2 aromatic rings. The molecular weight excluding hydrogens is 314 g/mol. The Labute approximate surface area is 118 Å². The van der Waals surface area contributed by atoms with E-state index in [0.29, 0.717) is 6.42 Å². The van der Waals surface area contributed by atoms with Gasteiger partial charge in [0.1, 0.15) is 11.6 Å². The van der Waals surface area contributed by atoms with Crippen LogP contribution in [-0.4, -0.2) is 0 Å². The maximum atomic E-state index is 13.2. The number of hydrazine groups is 1. The zero-order chi connectivity index (χ0) is 13.8. The molecule has 0 aliphatic rings. The SMILES string of the molecule is NNC(Cc1cc(F)ccc1Br)c1cccc(F)c1. The van der Waals surface area contributed by atoms with Gasteiger partial charge in [-0.3, -0.25) is 11.3 Å². The number of benzene rings is 2. The van der Waals surface area contributed by atoms with Crippen LogP contribution in [0.4, 0.5) is 8.78 Å². The molecule has 0 aliphatic carbocycles. The van der Waals surface area contributed by atoms with Crippen LogP contribution in [0.5, 0.6) is 0 Å². The summed E-state index contributed by atoms with van der Waals surface area (Å²) in [7, 11) is 0. The Balaban J connectivity index is 2.26. The summed E-state index contributed by atoms with van der Waals surface area (Å²) in [5.41, 5.74) is 4.12. The Kier molecular flexibility index (Phi) is 4.63. The summed E-state index contributed by atoms with van der Waals surface area (Å²) >= 11 is 3.37. The average molecular weight is 327 g/mol. The van der Waals surface area contributed by atoms with E-state index in [1.54, 1.807) is 18.2 Å². The first-order valence-corrected chi connectivity index (χ1v) is 6.55. The number of hydrogen-bond donors (Lipinski definition) is 2. The summed E-state index contributed by atoms with van der Waals surface area (Å²) in [6.45, 7) is 0. The monoisotopic (exact) mass is 326 g/mol. The predicted octanol–water partition coefficient (Wildman–Crippen LogP) is 3.47. The number of halogens is 3. The van der Waals surface area contributed by atoms with Gasteiger partial charge in [0, 0.05) is 4.47 Å². The quantitative estimate of drug-likeness (QED) is 0.667. The Bertz CT molecular complexity index is 575. The molecule has 0 fully saturated rings. The van der Waals surface area contributed by atoms with Crippen molar-refractivity contribution in [3.63, 3.8) is 0 Å². The van der Waals surface area contributed by atoms with Crippen molar-refractivity contribution in [3.05, 3.63) is 69.7 Å². The Morgan fingerprint density at radius 3 is 2.53 bits per heavy atom. The van der Waals surface area contributed by atoms with Crippen molar-refractivity contribution in [2.45, 2.75) is 12.5 Å². The first-order valence-electron chi connectivity index (χ1n) is 5.75. The highest BCUT2D eigenvalue weighted by molar-refractivity contribution is 9.10. The molecule has 2 aromatic carbocycles. The third-order valence-electron chi connectivity index (χ3n) is 2.88. The highest BCUT2D eigenvalue weighted by Gasteiger charge is 2.13. The molecule has 0 amide bonds. The molecule has 0 aromatic heterocycles. The van der Waals surface area contributed by atoms with Crippen LogP contribution in [0.2, 0.25) is 0 Å². The van der Waals surface area contributed by atoms with Gasteiger partial charge in [-0.2, -0.15) is 0 Å². The van der Waals surface area contributed by atoms with E-state index in [4.69, 9.17) is 5.84 Å². The molecule has 3 N–H and O–H groups in total. The number of nitrogens with two attached hydrogens (primary N) is 1. The zero-order valence-electron chi connectivity index (χ0n) is 10.0. The zero-order valence-corrected chi connectivity index (χ0v) is 11.6. The lowest BCUT2D eigenvalue weighted by Crippen LogP contribution is -2.29. The van der Waals surface area contributed by atoms with Gasteiger partial charge in [-0.1, -0.05) is 28.1 Å². The fraction of sp³-hybridized carbons (Fsp3) is 0.143. The summed E-state index contributed by atoms with van der Waals surface area (Å²) < 4.78 is 27.2. The minimum Gasteiger partial charge on any atom is -0.271 e. The van der Waals surface area contributed by atoms with Crippen LogP contribution in [0, 0.1) is 11.6 Å². The second-order valence-electron chi connectivity index (χ2n) is 4.21. The Hall–Kier alpha value is -1.30. The van der Waals surface area contributed by atoms with E-state index in [2.05, 4.69) is 21.4 Å². The largest absolute Gasteiger partial charge is 0.271 e. The molecule has 0 heterocycles. The molecular formula is C14H13BrF2N2. The van der Waals surface area contributed by atoms with Crippen molar-refractivity contribution >= 4 is 15.9 Å². The summed E-state index contributed by atoms with van der Waals surface area (Å²) in [5, 5.41) is 0. The highest BCUT2D eigenvalue weighted by atomic mass is 79.9. The number of hydrogen-bond acceptors (Lipinski definition) is 2. The smallest absolute Gasteiger partial charge is 0.123 e. The van der Waals surface area contributed by atoms with Crippen molar-refractivity contribution in [1.82, 2.24) is 5.43 Å². The Morgan fingerprint density at radius 2 is 1.84 bits per heavy atom. The summed E-state index contributed by atoms with van der Waals surface area (Å²) in [5.74, 6) is 4.87. The highest BCUT2D eigenvalue weighted by Crippen LogP contribution is 2.24. The lowest BCUT2D eigenvalue weighted by Gasteiger charge is -2.17.